The molecular formula is C23H23N3O4S. The van der Waals surface area contributed by atoms with Crippen molar-refractivity contribution in [3.63, 3.8) is 0 Å². The molecule has 2 N–H and O–H groups in total. The number of rotatable bonds is 5. The van der Waals surface area contributed by atoms with Gasteiger partial charge in [0.25, 0.3) is 5.56 Å². The first-order chi connectivity index (χ1) is 15.2. The van der Waals surface area contributed by atoms with Crippen molar-refractivity contribution in [2.24, 2.45) is 0 Å². The van der Waals surface area contributed by atoms with Crippen molar-refractivity contribution in [1.82, 2.24) is 9.88 Å². The summed E-state index contributed by atoms with van der Waals surface area (Å²) in [5.74, 6) is 1.33. The highest BCUT2D eigenvalue weighted by molar-refractivity contribution is 7.80. The third-order valence-electron chi connectivity index (χ3n) is 5.54. The first kappa shape index (κ1) is 19.8. The number of benzene rings is 2. The Bertz CT molecular complexity index is 1160. The molecule has 0 amide bonds. The van der Waals surface area contributed by atoms with Crippen LogP contribution in [-0.2, 0) is 11.3 Å². The standard InChI is InChI=1S/C23H23N3O4S/c27-22-16(9-15-10-20-21(30-14-29-20)11-19(15)25-22)12-26(13-18-7-4-8-28-18)23(31)24-17-5-2-1-3-6-17/h1-3,5-6,9-11,18H,4,7-8,12-14H2,(H,24,31)(H,25,27)/t18-/m1/s1. The molecule has 8 heteroatoms. The monoisotopic (exact) mass is 437 g/mol. The van der Waals surface area contributed by atoms with Gasteiger partial charge in [-0.1, -0.05) is 18.2 Å². The normalized spacial score (nSPS) is 17.1. The summed E-state index contributed by atoms with van der Waals surface area (Å²) >= 11 is 5.71. The van der Waals surface area contributed by atoms with Gasteiger partial charge >= 0.3 is 0 Å². The van der Waals surface area contributed by atoms with Gasteiger partial charge in [0, 0.05) is 35.9 Å². The molecule has 0 radical (unpaired) electrons. The first-order valence-electron chi connectivity index (χ1n) is 10.3. The fourth-order valence-corrected chi connectivity index (χ4v) is 4.20. The summed E-state index contributed by atoms with van der Waals surface area (Å²) < 4.78 is 16.7. The second-order valence-electron chi connectivity index (χ2n) is 7.73. The van der Waals surface area contributed by atoms with Gasteiger partial charge in [0.15, 0.2) is 16.6 Å². The molecule has 3 heterocycles. The summed E-state index contributed by atoms with van der Waals surface area (Å²) in [6.45, 7) is 1.95. The summed E-state index contributed by atoms with van der Waals surface area (Å²) in [5, 5.41) is 4.73. The van der Waals surface area contributed by atoms with E-state index in [1.54, 1.807) is 6.07 Å². The highest BCUT2D eigenvalue weighted by Gasteiger charge is 2.23. The Hall–Kier alpha value is -3.10. The quantitative estimate of drug-likeness (QED) is 0.590. The summed E-state index contributed by atoms with van der Waals surface area (Å²) in [5.41, 5.74) is 2.10. The molecule has 31 heavy (non-hydrogen) atoms. The molecule has 2 aliphatic rings. The number of aromatic amines is 1. The van der Waals surface area contributed by atoms with Crippen LogP contribution in [0.25, 0.3) is 10.9 Å². The molecule has 1 saturated heterocycles. The molecule has 160 valence electrons. The molecule has 7 nitrogen and oxygen atoms in total. The van der Waals surface area contributed by atoms with Crippen molar-refractivity contribution >= 4 is 33.9 Å². The van der Waals surface area contributed by atoms with Crippen molar-refractivity contribution in [1.29, 1.82) is 0 Å². The van der Waals surface area contributed by atoms with Gasteiger partial charge in [0.1, 0.15) is 0 Å². The lowest BCUT2D eigenvalue weighted by Crippen LogP contribution is -2.40. The largest absolute Gasteiger partial charge is 0.454 e. The lowest BCUT2D eigenvalue weighted by Gasteiger charge is -2.28. The molecular weight excluding hydrogens is 414 g/mol. The molecule has 0 spiro atoms. The molecule has 1 fully saturated rings. The molecule has 5 rings (SSSR count). The van der Waals surface area contributed by atoms with E-state index in [0.29, 0.717) is 40.8 Å². The van der Waals surface area contributed by atoms with E-state index < -0.39 is 0 Å². The summed E-state index contributed by atoms with van der Waals surface area (Å²) in [6, 6.07) is 15.4. The van der Waals surface area contributed by atoms with Crippen molar-refractivity contribution in [2.45, 2.75) is 25.5 Å². The van der Waals surface area contributed by atoms with Gasteiger partial charge in [-0.3, -0.25) is 4.79 Å². The minimum Gasteiger partial charge on any atom is -0.454 e. The maximum Gasteiger partial charge on any atom is 0.253 e. The Balaban J connectivity index is 1.42. The van der Waals surface area contributed by atoms with Crippen LogP contribution in [0.5, 0.6) is 11.5 Å². The SMILES string of the molecule is O=c1[nH]c2cc3c(cc2cc1CN(C[C@H]1CCCO1)C(=S)Nc1ccccc1)OCO3. The Labute approximate surface area is 184 Å². The molecule has 2 aliphatic heterocycles. The molecule has 3 aromatic rings. The number of pyridine rings is 1. The molecule has 1 aromatic heterocycles. The second kappa shape index (κ2) is 8.56. The van der Waals surface area contributed by atoms with Gasteiger partial charge in [0.05, 0.1) is 18.2 Å². The minimum atomic E-state index is -0.147. The molecule has 0 bridgehead atoms. The van der Waals surface area contributed by atoms with Crippen LogP contribution in [0.15, 0.2) is 53.3 Å². The van der Waals surface area contributed by atoms with E-state index in [0.717, 1.165) is 30.5 Å². The van der Waals surface area contributed by atoms with E-state index in [4.69, 9.17) is 26.4 Å². The molecule has 0 aliphatic carbocycles. The zero-order valence-electron chi connectivity index (χ0n) is 16.9. The Morgan fingerprint density at radius 3 is 2.74 bits per heavy atom. The number of nitrogens with zero attached hydrogens (tertiary/aromatic N) is 1. The van der Waals surface area contributed by atoms with Gasteiger partial charge in [-0.25, -0.2) is 0 Å². The van der Waals surface area contributed by atoms with Gasteiger partial charge in [-0.2, -0.15) is 0 Å². The van der Waals surface area contributed by atoms with Crippen LogP contribution in [0.3, 0.4) is 0 Å². The van der Waals surface area contributed by atoms with E-state index >= 15 is 0 Å². The lowest BCUT2D eigenvalue weighted by atomic mass is 10.1. The van der Waals surface area contributed by atoms with Gasteiger partial charge in [0.2, 0.25) is 6.79 Å². The van der Waals surface area contributed by atoms with Crippen LogP contribution in [0, 0.1) is 0 Å². The zero-order valence-corrected chi connectivity index (χ0v) is 17.7. The van der Waals surface area contributed by atoms with Gasteiger partial charge in [-0.15, -0.1) is 0 Å². The van der Waals surface area contributed by atoms with Crippen LogP contribution in [0.1, 0.15) is 18.4 Å². The van der Waals surface area contributed by atoms with E-state index in [1.807, 2.05) is 47.4 Å². The number of H-pyrrole nitrogens is 1. The van der Waals surface area contributed by atoms with E-state index in [2.05, 4.69) is 10.3 Å². The number of thiocarbonyl (C=S) groups is 1. The second-order valence-corrected chi connectivity index (χ2v) is 8.11. The predicted molar refractivity (Wildman–Crippen MR) is 123 cm³/mol. The number of hydrogen-bond donors (Lipinski definition) is 2. The highest BCUT2D eigenvalue weighted by Crippen LogP contribution is 2.35. The topological polar surface area (TPSA) is 75.8 Å². The number of nitrogens with one attached hydrogen (secondary N) is 2. The maximum atomic E-state index is 12.8. The smallest absolute Gasteiger partial charge is 0.253 e. The number of anilines is 1. The zero-order chi connectivity index (χ0) is 21.2. The summed E-state index contributed by atoms with van der Waals surface area (Å²) in [7, 11) is 0. The van der Waals surface area contributed by atoms with Crippen LogP contribution < -0.4 is 20.3 Å². The Morgan fingerprint density at radius 2 is 1.97 bits per heavy atom. The number of ether oxygens (including phenoxy) is 3. The first-order valence-corrected chi connectivity index (χ1v) is 10.7. The van der Waals surface area contributed by atoms with E-state index in [-0.39, 0.29) is 18.5 Å². The number of aromatic nitrogens is 1. The van der Waals surface area contributed by atoms with Crippen molar-refractivity contribution in [3.8, 4) is 11.5 Å². The van der Waals surface area contributed by atoms with Crippen LogP contribution >= 0.6 is 12.2 Å². The van der Waals surface area contributed by atoms with Crippen molar-refractivity contribution < 1.29 is 14.2 Å². The highest BCUT2D eigenvalue weighted by atomic mass is 32.1. The third-order valence-corrected chi connectivity index (χ3v) is 5.90. The fourth-order valence-electron chi connectivity index (χ4n) is 3.94. The molecule has 2 aromatic carbocycles. The van der Waals surface area contributed by atoms with Crippen molar-refractivity contribution in [3.05, 3.63) is 64.4 Å². The minimum absolute atomic E-state index is 0.101. The lowest BCUT2D eigenvalue weighted by molar-refractivity contribution is 0.0904. The van der Waals surface area contributed by atoms with Crippen molar-refractivity contribution in [2.75, 3.05) is 25.3 Å². The average molecular weight is 438 g/mol. The summed E-state index contributed by atoms with van der Waals surface area (Å²) in [6.07, 6.45) is 2.13. The van der Waals surface area contributed by atoms with E-state index in [1.165, 1.54) is 0 Å². The molecule has 0 unspecified atom stereocenters. The third kappa shape index (κ3) is 4.35. The predicted octanol–water partition coefficient (Wildman–Crippen LogP) is 3.63. The summed E-state index contributed by atoms with van der Waals surface area (Å²) in [4.78, 5) is 17.8. The maximum absolute atomic E-state index is 12.8. The Morgan fingerprint density at radius 1 is 1.16 bits per heavy atom. The number of para-hydroxylation sites is 1. The van der Waals surface area contributed by atoms with Gasteiger partial charge in [-0.05, 0) is 49.3 Å². The number of fused-ring (bicyclic) bond motifs is 2. The molecule has 1 atom stereocenters. The Kier molecular flexibility index (Phi) is 5.48. The fraction of sp³-hybridized carbons (Fsp3) is 0.304. The molecule has 0 saturated carbocycles. The van der Waals surface area contributed by atoms with Crippen LogP contribution in [0.2, 0.25) is 0 Å². The van der Waals surface area contributed by atoms with Crippen LogP contribution in [-0.4, -0.2) is 41.0 Å². The average Bonchev–Trinajstić information content (AvgIpc) is 3.44. The van der Waals surface area contributed by atoms with Crippen LogP contribution in [0.4, 0.5) is 5.69 Å². The van der Waals surface area contributed by atoms with Gasteiger partial charge < -0.3 is 29.4 Å². The number of hydrogen-bond acceptors (Lipinski definition) is 5. The van der Waals surface area contributed by atoms with E-state index in [9.17, 15) is 4.79 Å².